The van der Waals surface area contributed by atoms with E-state index in [4.69, 9.17) is 9.47 Å². The molecule has 32 heavy (non-hydrogen) atoms. The maximum Gasteiger partial charge on any atom is 0.260 e. The minimum atomic E-state index is -3.83. The van der Waals surface area contributed by atoms with Crippen LogP contribution in [0.2, 0.25) is 0 Å². The fraction of sp³-hybridized carbons (Fsp3) is 0.286. The van der Waals surface area contributed by atoms with Gasteiger partial charge in [-0.25, -0.2) is 13.8 Å². The normalized spacial score (nSPS) is 11.5. The Morgan fingerprint density at radius 3 is 2.38 bits per heavy atom. The summed E-state index contributed by atoms with van der Waals surface area (Å²) in [6.07, 6.45) is 0.987. The first-order valence-corrected chi connectivity index (χ1v) is 11.3. The molecule has 0 aromatic heterocycles. The van der Waals surface area contributed by atoms with E-state index in [0.717, 1.165) is 10.6 Å². The highest BCUT2D eigenvalue weighted by Crippen LogP contribution is 2.33. The van der Waals surface area contributed by atoms with Crippen LogP contribution in [-0.2, 0) is 19.6 Å². The zero-order valence-electron chi connectivity index (χ0n) is 18.5. The maximum atomic E-state index is 12.5. The Kier molecular flexibility index (Phi) is 8.19. The van der Waals surface area contributed by atoms with Crippen molar-refractivity contribution in [3.05, 3.63) is 48.0 Å². The zero-order valence-corrected chi connectivity index (χ0v) is 19.3. The number of hydrogen-bond acceptors (Lipinski definition) is 7. The van der Waals surface area contributed by atoms with E-state index < -0.39 is 22.5 Å². The topological polar surface area (TPSA) is 126 Å². The van der Waals surface area contributed by atoms with Gasteiger partial charge >= 0.3 is 0 Å². The molecule has 2 amide bonds. The Labute approximate surface area is 187 Å². The van der Waals surface area contributed by atoms with Crippen molar-refractivity contribution in [2.45, 2.75) is 13.8 Å². The van der Waals surface area contributed by atoms with Gasteiger partial charge in [0.25, 0.3) is 5.91 Å². The number of hydrogen-bond donors (Lipinski definition) is 2. The third-order valence-electron chi connectivity index (χ3n) is 4.29. The number of rotatable bonds is 9. The van der Waals surface area contributed by atoms with E-state index in [0.29, 0.717) is 22.7 Å². The summed E-state index contributed by atoms with van der Waals surface area (Å²) in [6.45, 7) is 2.55. The molecule has 10 nitrogen and oxygen atoms in total. The van der Waals surface area contributed by atoms with Crippen LogP contribution in [0.5, 0.6) is 11.5 Å². The fourth-order valence-electron chi connectivity index (χ4n) is 2.77. The van der Waals surface area contributed by atoms with Crippen LogP contribution >= 0.6 is 0 Å². The van der Waals surface area contributed by atoms with Crippen LogP contribution in [0.15, 0.2) is 47.6 Å². The van der Waals surface area contributed by atoms with Gasteiger partial charge in [0.15, 0.2) is 0 Å². The minimum Gasteiger partial charge on any atom is -0.497 e. The first-order valence-electron chi connectivity index (χ1n) is 9.46. The Morgan fingerprint density at radius 2 is 1.78 bits per heavy atom. The summed E-state index contributed by atoms with van der Waals surface area (Å²) in [6, 6.07) is 11.6. The number of carbonyl (C=O) groups excluding carboxylic acids is 2. The van der Waals surface area contributed by atoms with Gasteiger partial charge in [0, 0.05) is 18.7 Å². The second-order valence-electron chi connectivity index (χ2n) is 6.80. The highest BCUT2D eigenvalue weighted by Gasteiger charge is 2.24. The quantitative estimate of drug-likeness (QED) is 0.433. The van der Waals surface area contributed by atoms with E-state index in [-0.39, 0.29) is 17.3 Å². The Balaban J connectivity index is 2.23. The van der Waals surface area contributed by atoms with Gasteiger partial charge in [-0.3, -0.25) is 13.9 Å². The van der Waals surface area contributed by atoms with Crippen LogP contribution in [0.25, 0.3) is 0 Å². The lowest BCUT2D eigenvalue weighted by molar-refractivity contribution is -0.119. The molecule has 2 aromatic rings. The highest BCUT2D eigenvalue weighted by molar-refractivity contribution is 7.92. The molecule has 0 saturated heterocycles. The number of nitrogens with one attached hydrogen (secondary N) is 2. The second kappa shape index (κ2) is 10.6. The lowest BCUT2D eigenvalue weighted by atomic mass is 10.1. The molecule has 11 heteroatoms. The molecule has 0 atom stereocenters. The molecule has 0 aliphatic rings. The van der Waals surface area contributed by atoms with Crippen molar-refractivity contribution < 1.29 is 27.5 Å². The number of ether oxygens (including phenoxy) is 2. The summed E-state index contributed by atoms with van der Waals surface area (Å²) >= 11 is 0. The molecule has 0 fully saturated rings. The number of sulfonamides is 1. The number of methoxy groups -OCH3 is 2. The molecule has 2 rings (SSSR count). The second-order valence-corrected chi connectivity index (χ2v) is 8.71. The fourth-order valence-corrected chi connectivity index (χ4v) is 3.63. The third-order valence-corrected chi connectivity index (χ3v) is 5.42. The van der Waals surface area contributed by atoms with E-state index in [2.05, 4.69) is 15.8 Å². The molecule has 0 aliphatic heterocycles. The van der Waals surface area contributed by atoms with Gasteiger partial charge < -0.3 is 14.8 Å². The van der Waals surface area contributed by atoms with Crippen LogP contribution in [0, 0.1) is 0 Å². The van der Waals surface area contributed by atoms with E-state index in [9.17, 15) is 18.0 Å². The van der Waals surface area contributed by atoms with Crippen LogP contribution in [0.4, 0.5) is 11.4 Å². The van der Waals surface area contributed by atoms with E-state index in [1.165, 1.54) is 27.2 Å². The maximum absolute atomic E-state index is 12.5. The lowest BCUT2D eigenvalue weighted by Gasteiger charge is -2.23. The van der Waals surface area contributed by atoms with E-state index in [1.54, 1.807) is 43.3 Å². The predicted molar refractivity (Wildman–Crippen MR) is 123 cm³/mol. The molecular weight excluding hydrogens is 436 g/mol. The molecule has 0 heterocycles. The number of carbonyl (C=O) groups is 2. The van der Waals surface area contributed by atoms with E-state index >= 15 is 0 Å². The first kappa shape index (κ1) is 24.7. The standard InChI is InChI=1S/C21H26N4O6S/c1-14(16-7-6-8-17(11-16)22-15(2)26)23-24-21(27)13-25(32(5,28)29)19-12-18(30-3)9-10-20(19)31-4/h6-12H,13H2,1-5H3,(H,22,26)(H,24,27)/b23-14-. The van der Waals surface area contributed by atoms with Gasteiger partial charge in [0.05, 0.1) is 31.9 Å². The monoisotopic (exact) mass is 462 g/mol. The molecule has 0 spiro atoms. The molecule has 0 radical (unpaired) electrons. The predicted octanol–water partition coefficient (Wildman–Crippen LogP) is 1.97. The van der Waals surface area contributed by atoms with Crippen molar-refractivity contribution in [3.8, 4) is 11.5 Å². The average Bonchev–Trinajstić information content (AvgIpc) is 2.74. The Hall–Kier alpha value is -3.60. The molecule has 0 aliphatic carbocycles. The lowest BCUT2D eigenvalue weighted by Crippen LogP contribution is -2.39. The van der Waals surface area contributed by atoms with Crippen LogP contribution in [-0.4, -0.2) is 53.0 Å². The summed E-state index contributed by atoms with van der Waals surface area (Å²) in [5.41, 5.74) is 4.25. The number of anilines is 2. The minimum absolute atomic E-state index is 0.160. The number of nitrogens with zero attached hydrogens (tertiary/aromatic N) is 2. The summed E-state index contributed by atoms with van der Waals surface area (Å²) in [5.74, 6) is -0.196. The molecule has 172 valence electrons. The SMILES string of the molecule is COc1ccc(OC)c(N(CC(=O)N/N=C(/C)c2cccc(NC(C)=O)c2)S(C)(=O)=O)c1. The summed E-state index contributed by atoms with van der Waals surface area (Å²) < 4.78 is 36.1. The zero-order chi connectivity index (χ0) is 23.9. The summed E-state index contributed by atoms with van der Waals surface area (Å²) in [4.78, 5) is 23.7. The van der Waals surface area contributed by atoms with Gasteiger partial charge in [-0.15, -0.1) is 0 Å². The van der Waals surface area contributed by atoms with Crippen LogP contribution in [0.3, 0.4) is 0 Å². The van der Waals surface area contributed by atoms with Crippen molar-refractivity contribution in [2.75, 3.05) is 36.6 Å². The van der Waals surface area contributed by atoms with Gasteiger partial charge in [-0.2, -0.15) is 5.10 Å². The van der Waals surface area contributed by atoms with Crippen molar-refractivity contribution in [3.63, 3.8) is 0 Å². The van der Waals surface area contributed by atoms with Gasteiger partial charge in [0.1, 0.15) is 18.0 Å². The van der Waals surface area contributed by atoms with Crippen molar-refractivity contribution in [1.82, 2.24) is 5.43 Å². The summed E-state index contributed by atoms with van der Waals surface area (Å²) in [7, 11) is -0.987. The number of amides is 2. The van der Waals surface area contributed by atoms with Crippen molar-refractivity contribution >= 4 is 38.9 Å². The van der Waals surface area contributed by atoms with Crippen LogP contribution in [0.1, 0.15) is 19.4 Å². The Bertz CT molecular complexity index is 1130. The molecule has 0 saturated carbocycles. The van der Waals surface area contributed by atoms with Crippen molar-refractivity contribution in [2.24, 2.45) is 5.10 Å². The molecule has 2 aromatic carbocycles. The smallest absolute Gasteiger partial charge is 0.260 e. The third kappa shape index (κ3) is 6.71. The molecular formula is C21H26N4O6S. The van der Waals surface area contributed by atoms with Crippen LogP contribution < -0.4 is 24.5 Å². The van der Waals surface area contributed by atoms with Crippen molar-refractivity contribution in [1.29, 1.82) is 0 Å². The first-order chi connectivity index (χ1) is 15.0. The van der Waals surface area contributed by atoms with Gasteiger partial charge in [-0.05, 0) is 36.8 Å². The largest absolute Gasteiger partial charge is 0.497 e. The highest BCUT2D eigenvalue weighted by atomic mass is 32.2. The Morgan fingerprint density at radius 1 is 1.06 bits per heavy atom. The number of hydrazone groups is 1. The molecule has 0 bridgehead atoms. The summed E-state index contributed by atoms with van der Waals surface area (Å²) in [5, 5.41) is 6.72. The average molecular weight is 463 g/mol. The number of benzene rings is 2. The van der Waals surface area contributed by atoms with Gasteiger partial charge in [0.2, 0.25) is 15.9 Å². The molecule has 0 unspecified atom stereocenters. The van der Waals surface area contributed by atoms with E-state index in [1.807, 2.05) is 0 Å². The van der Waals surface area contributed by atoms with Gasteiger partial charge in [-0.1, -0.05) is 12.1 Å². The molecule has 2 N–H and O–H groups in total.